The van der Waals surface area contributed by atoms with Crippen molar-refractivity contribution in [3.05, 3.63) is 89.7 Å². The number of amides is 1. The maximum absolute atomic E-state index is 13.1. The molecular weight excluding hydrogens is 451 g/mol. The van der Waals surface area contributed by atoms with Crippen LogP contribution < -0.4 is 4.74 Å². The lowest BCUT2D eigenvalue weighted by Crippen LogP contribution is -2.32. The molecule has 0 fully saturated rings. The molecule has 0 saturated carbocycles. The maximum Gasteiger partial charge on any atom is 0.416 e. The molecule has 0 unspecified atom stereocenters. The fraction of sp³-hybridized carbons (Fsp3) is 0.208. The number of aromatic nitrogens is 2. The highest BCUT2D eigenvalue weighted by molar-refractivity contribution is 5.94. The molecule has 0 spiro atoms. The number of rotatable bonds is 8. The molecule has 4 rings (SSSR count). The van der Waals surface area contributed by atoms with E-state index in [1.54, 1.807) is 37.4 Å². The molecular formula is C24H20F3N3O4. The molecule has 2 aromatic carbocycles. The van der Waals surface area contributed by atoms with Crippen molar-refractivity contribution >= 4 is 5.91 Å². The Balaban J connectivity index is 1.49. The summed E-state index contributed by atoms with van der Waals surface area (Å²) >= 11 is 0. The van der Waals surface area contributed by atoms with E-state index in [0.717, 1.165) is 24.3 Å². The van der Waals surface area contributed by atoms with Crippen molar-refractivity contribution in [3.8, 4) is 17.1 Å². The molecule has 0 N–H and O–H groups in total. The van der Waals surface area contributed by atoms with Crippen LogP contribution in [-0.2, 0) is 19.1 Å². The van der Waals surface area contributed by atoms with Gasteiger partial charge in [-0.3, -0.25) is 4.79 Å². The molecule has 10 heteroatoms. The Morgan fingerprint density at radius 3 is 2.56 bits per heavy atom. The molecule has 0 aliphatic rings. The Bertz CT molecular complexity index is 1240. The molecule has 0 aliphatic heterocycles. The third-order valence-corrected chi connectivity index (χ3v) is 5.06. The van der Waals surface area contributed by atoms with Crippen LogP contribution in [0.5, 0.6) is 5.75 Å². The average Bonchev–Trinajstić information content (AvgIpc) is 3.53. The number of carbonyl (C=O) groups excluding carboxylic acids is 1. The summed E-state index contributed by atoms with van der Waals surface area (Å²) in [7, 11) is 1.56. The van der Waals surface area contributed by atoms with E-state index in [9.17, 15) is 18.0 Å². The summed E-state index contributed by atoms with van der Waals surface area (Å²) in [4.78, 5) is 18.9. The van der Waals surface area contributed by atoms with Gasteiger partial charge in [-0.2, -0.15) is 18.2 Å². The van der Waals surface area contributed by atoms with Crippen molar-refractivity contribution in [1.29, 1.82) is 0 Å². The van der Waals surface area contributed by atoms with Gasteiger partial charge in [0.1, 0.15) is 11.5 Å². The Morgan fingerprint density at radius 2 is 1.88 bits per heavy atom. The standard InChI is InChI=1S/C24H20F3N3O4/c1-32-19-5-2-4-17(14-19)22-28-21(34-29-22)11-12-30(15-20-6-3-13-33-20)23(31)16-7-9-18(10-8-16)24(25,26)27/h2-10,13-14H,11-12,15H2,1H3. The van der Waals surface area contributed by atoms with Gasteiger partial charge in [-0.25, -0.2) is 0 Å². The lowest BCUT2D eigenvalue weighted by molar-refractivity contribution is -0.137. The van der Waals surface area contributed by atoms with E-state index in [1.807, 2.05) is 6.07 Å². The van der Waals surface area contributed by atoms with Gasteiger partial charge >= 0.3 is 6.18 Å². The predicted molar refractivity (Wildman–Crippen MR) is 115 cm³/mol. The minimum atomic E-state index is -4.48. The lowest BCUT2D eigenvalue weighted by Gasteiger charge is -2.21. The second kappa shape index (κ2) is 9.82. The van der Waals surface area contributed by atoms with Crippen molar-refractivity contribution in [2.45, 2.75) is 19.1 Å². The van der Waals surface area contributed by atoms with E-state index in [1.165, 1.54) is 11.2 Å². The zero-order valence-electron chi connectivity index (χ0n) is 18.1. The minimum Gasteiger partial charge on any atom is -0.497 e. The molecule has 0 bridgehead atoms. The van der Waals surface area contributed by atoms with Crippen molar-refractivity contribution in [3.63, 3.8) is 0 Å². The highest BCUT2D eigenvalue weighted by Gasteiger charge is 2.30. The summed E-state index contributed by atoms with van der Waals surface area (Å²) in [6.07, 6.45) is -2.76. The Morgan fingerprint density at radius 1 is 1.09 bits per heavy atom. The number of benzene rings is 2. The summed E-state index contributed by atoms with van der Waals surface area (Å²) in [5.41, 5.74) is 0.0161. The Labute approximate surface area is 192 Å². The zero-order valence-corrected chi connectivity index (χ0v) is 18.1. The quantitative estimate of drug-likeness (QED) is 0.350. The van der Waals surface area contributed by atoms with Crippen LogP contribution in [0.3, 0.4) is 0 Å². The number of hydrogen-bond donors (Lipinski definition) is 0. The van der Waals surface area contributed by atoms with Gasteiger partial charge in [0, 0.05) is 24.1 Å². The number of carbonyl (C=O) groups is 1. The van der Waals surface area contributed by atoms with Crippen molar-refractivity contribution in [1.82, 2.24) is 15.0 Å². The van der Waals surface area contributed by atoms with Crippen LogP contribution in [0, 0.1) is 0 Å². The van der Waals surface area contributed by atoms with E-state index in [4.69, 9.17) is 13.7 Å². The van der Waals surface area contributed by atoms with Gasteiger partial charge in [0.2, 0.25) is 11.7 Å². The van der Waals surface area contributed by atoms with Crippen LogP contribution in [0.25, 0.3) is 11.4 Å². The van der Waals surface area contributed by atoms with Gasteiger partial charge in [-0.15, -0.1) is 0 Å². The molecule has 176 valence electrons. The molecule has 7 nitrogen and oxygen atoms in total. The molecule has 2 heterocycles. The number of nitrogens with zero attached hydrogens (tertiary/aromatic N) is 3. The largest absolute Gasteiger partial charge is 0.497 e. The normalized spacial score (nSPS) is 11.4. The molecule has 1 amide bonds. The molecule has 0 radical (unpaired) electrons. The average molecular weight is 471 g/mol. The number of halogens is 3. The highest BCUT2D eigenvalue weighted by Crippen LogP contribution is 2.29. The van der Waals surface area contributed by atoms with E-state index in [2.05, 4.69) is 10.1 Å². The fourth-order valence-electron chi connectivity index (χ4n) is 3.29. The molecule has 4 aromatic rings. The summed E-state index contributed by atoms with van der Waals surface area (Å²) in [5, 5.41) is 3.98. The topological polar surface area (TPSA) is 81.6 Å². The first-order valence-corrected chi connectivity index (χ1v) is 10.3. The molecule has 0 atom stereocenters. The van der Waals surface area contributed by atoms with Gasteiger partial charge in [-0.05, 0) is 48.5 Å². The van der Waals surface area contributed by atoms with Crippen LogP contribution in [0.2, 0.25) is 0 Å². The van der Waals surface area contributed by atoms with E-state index in [-0.39, 0.29) is 25.1 Å². The summed E-state index contributed by atoms with van der Waals surface area (Å²) in [6, 6.07) is 14.7. The first kappa shape index (κ1) is 23.1. The second-order valence-corrected chi connectivity index (χ2v) is 7.37. The second-order valence-electron chi connectivity index (χ2n) is 7.37. The SMILES string of the molecule is COc1cccc(-c2noc(CCN(Cc3ccco3)C(=O)c3ccc(C(F)(F)F)cc3)n2)c1. The van der Waals surface area contributed by atoms with Crippen molar-refractivity contribution < 1.29 is 31.6 Å². The van der Waals surface area contributed by atoms with Gasteiger partial charge in [0.25, 0.3) is 5.91 Å². The minimum absolute atomic E-state index is 0.127. The third-order valence-electron chi connectivity index (χ3n) is 5.06. The lowest BCUT2D eigenvalue weighted by atomic mass is 10.1. The van der Waals surface area contributed by atoms with E-state index in [0.29, 0.717) is 28.8 Å². The van der Waals surface area contributed by atoms with Crippen molar-refractivity contribution in [2.75, 3.05) is 13.7 Å². The third kappa shape index (κ3) is 5.45. The first-order valence-electron chi connectivity index (χ1n) is 10.3. The van der Waals surface area contributed by atoms with Crippen LogP contribution in [-0.4, -0.2) is 34.6 Å². The van der Waals surface area contributed by atoms with Crippen LogP contribution in [0.1, 0.15) is 27.6 Å². The fourth-order valence-corrected chi connectivity index (χ4v) is 3.29. The Hall–Kier alpha value is -4.08. The van der Waals surface area contributed by atoms with Gasteiger partial charge in [0.15, 0.2) is 0 Å². The maximum atomic E-state index is 13.1. The summed E-state index contributed by atoms with van der Waals surface area (Å²) < 4.78 is 54.5. The zero-order chi connectivity index (χ0) is 24.1. The van der Waals surface area contributed by atoms with Gasteiger partial charge < -0.3 is 18.6 Å². The van der Waals surface area contributed by atoms with Crippen LogP contribution >= 0.6 is 0 Å². The number of hydrogen-bond acceptors (Lipinski definition) is 6. The van der Waals surface area contributed by atoms with E-state index < -0.39 is 17.6 Å². The number of ether oxygens (including phenoxy) is 1. The number of furan rings is 1. The molecule has 2 aromatic heterocycles. The molecule has 0 saturated heterocycles. The molecule has 34 heavy (non-hydrogen) atoms. The van der Waals surface area contributed by atoms with Crippen molar-refractivity contribution in [2.24, 2.45) is 0 Å². The number of methoxy groups -OCH3 is 1. The predicted octanol–water partition coefficient (Wildman–Crippen LogP) is 5.24. The van der Waals surface area contributed by atoms with E-state index >= 15 is 0 Å². The smallest absolute Gasteiger partial charge is 0.416 e. The van der Waals surface area contributed by atoms with Crippen LogP contribution in [0.15, 0.2) is 75.9 Å². The van der Waals surface area contributed by atoms with Gasteiger partial charge in [0.05, 0.1) is 25.5 Å². The van der Waals surface area contributed by atoms with Gasteiger partial charge in [-0.1, -0.05) is 17.3 Å². The summed E-state index contributed by atoms with van der Waals surface area (Å²) in [6.45, 7) is 0.310. The number of alkyl halides is 3. The Kier molecular flexibility index (Phi) is 6.67. The highest BCUT2D eigenvalue weighted by atomic mass is 19.4. The first-order chi connectivity index (χ1) is 16.3. The van der Waals surface area contributed by atoms with Crippen LogP contribution in [0.4, 0.5) is 13.2 Å². The summed E-state index contributed by atoms with van der Waals surface area (Å²) in [5.74, 6) is 1.42. The molecule has 0 aliphatic carbocycles. The monoisotopic (exact) mass is 471 g/mol.